The summed E-state index contributed by atoms with van der Waals surface area (Å²) < 4.78 is 0. The van der Waals surface area contributed by atoms with E-state index < -0.39 is 0 Å². The lowest BCUT2D eigenvalue weighted by Crippen LogP contribution is -2.23. The minimum absolute atomic E-state index is 0.559. The van der Waals surface area contributed by atoms with E-state index in [1.807, 2.05) is 17.5 Å². The lowest BCUT2D eigenvalue weighted by molar-refractivity contribution is 0.461. The Morgan fingerprint density at radius 1 is 1.19 bits per heavy atom. The normalized spacial score (nSPS) is 18.1. The molecule has 0 bridgehead atoms. The first-order chi connectivity index (χ1) is 10.3. The van der Waals surface area contributed by atoms with Crippen LogP contribution in [0.25, 0.3) is 11.3 Å². The molecule has 0 saturated heterocycles. The lowest BCUT2D eigenvalue weighted by Gasteiger charge is -2.23. The third kappa shape index (κ3) is 2.57. The number of thiophene rings is 1. The molecule has 0 aromatic carbocycles. The molecule has 0 aliphatic heterocycles. The Morgan fingerprint density at radius 3 is 2.90 bits per heavy atom. The van der Waals surface area contributed by atoms with E-state index in [1.165, 1.54) is 53.0 Å². The highest BCUT2D eigenvalue weighted by Crippen LogP contribution is 2.37. The Bertz CT molecular complexity index is 656. The largest absolute Gasteiger partial charge is 0.351 e. The molecule has 0 unspecified atom stereocenters. The maximum atomic E-state index is 4.85. The summed E-state index contributed by atoms with van der Waals surface area (Å²) in [6.07, 6.45) is 10.8. The number of fused-ring (bicyclic) bond motifs is 3. The van der Waals surface area contributed by atoms with Gasteiger partial charge >= 0.3 is 0 Å². The molecule has 1 N–H and O–H groups in total. The van der Waals surface area contributed by atoms with Crippen LogP contribution in [0.5, 0.6) is 0 Å². The maximum Gasteiger partial charge on any atom is 0.223 e. The first kappa shape index (κ1) is 13.3. The van der Waals surface area contributed by atoms with Gasteiger partial charge in [0, 0.05) is 27.6 Å². The van der Waals surface area contributed by atoms with Crippen LogP contribution in [0.4, 0.5) is 5.95 Å². The lowest BCUT2D eigenvalue weighted by atomic mass is 9.95. The Morgan fingerprint density at radius 2 is 2.05 bits per heavy atom. The average molecular weight is 299 g/mol. The molecule has 2 aliphatic carbocycles. The van der Waals surface area contributed by atoms with Crippen molar-refractivity contribution in [1.29, 1.82) is 0 Å². The van der Waals surface area contributed by atoms with Crippen molar-refractivity contribution in [3.05, 3.63) is 27.6 Å². The monoisotopic (exact) mass is 299 g/mol. The van der Waals surface area contributed by atoms with Gasteiger partial charge in [-0.2, -0.15) is 0 Å². The van der Waals surface area contributed by atoms with Crippen molar-refractivity contribution in [2.24, 2.45) is 0 Å². The molecule has 0 amide bonds. The first-order valence-corrected chi connectivity index (χ1v) is 8.83. The van der Waals surface area contributed by atoms with Crippen LogP contribution in [0.3, 0.4) is 0 Å². The van der Waals surface area contributed by atoms with Crippen molar-refractivity contribution in [1.82, 2.24) is 9.97 Å². The SMILES string of the molecule is Cc1cc2c(s1)CCc1cnc(NC3CCCCC3)nc1-2. The van der Waals surface area contributed by atoms with Crippen LogP contribution < -0.4 is 5.32 Å². The number of aromatic nitrogens is 2. The van der Waals surface area contributed by atoms with E-state index >= 15 is 0 Å². The van der Waals surface area contributed by atoms with Crippen molar-refractivity contribution in [3.63, 3.8) is 0 Å². The van der Waals surface area contributed by atoms with Crippen LogP contribution in [0.15, 0.2) is 12.3 Å². The number of hydrogen-bond donors (Lipinski definition) is 1. The summed E-state index contributed by atoms with van der Waals surface area (Å²) in [7, 11) is 0. The van der Waals surface area contributed by atoms with Crippen molar-refractivity contribution >= 4 is 17.3 Å². The van der Waals surface area contributed by atoms with Gasteiger partial charge in [-0.05, 0) is 44.2 Å². The number of nitrogens with zero attached hydrogens (tertiary/aromatic N) is 2. The van der Waals surface area contributed by atoms with Gasteiger partial charge in [-0.3, -0.25) is 0 Å². The maximum absolute atomic E-state index is 4.85. The molecule has 0 atom stereocenters. The van der Waals surface area contributed by atoms with Crippen molar-refractivity contribution in [2.75, 3.05) is 5.32 Å². The second kappa shape index (κ2) is 5.41. The van der Waals surface area contributed by atoms with E-state index in [-0.39, 0.29) is 0 Å². The first-order valence-electron chi connectivity index (χ1n) is 8.02. The molecule has 110 valence electrons. The molecule has 2 heterocycles. The van der Waals surface area contributed by atoms with Crippen molar-refractivity contribution in [2.45, 2.75) is 57.9 Å². The molecule has 1 saturated carbocycles. The van der Waals surface area contributed by atoms with E-state index in [0.29, 0.717) is 6.04 Å². The molecule has 21 heavy (non-hydrogen) atoms. The summed E-state index contributed by atoms with van der Waals surface area (Å²) in [5.41, 5.74) is 3.80. The highest BCUT2D eigenvalue weighted by molar-refractivity contribution is 7.12. The molecule has 4 heteroatoms. The van der Waals surface area contributed by atoms with Gasteiger partial charge in [0.2, 0.25) is 5.95 Å². The molecule has 0 spiro atoms. The quantitative estimate of drug-likeness (QED) is 0.895. The highest BCUT2D eigenvalue weighted by Gasteiger charge is 2.21. The summed E-state index contributed by atoms with van der Waals surface area (Å²) in [6, 6.07) is 2.85. The third-order valence-corrected chi connectivity index (χ3v) is 5.72. The topological polar surface area (TPSA) is 37.8 Å². The number of rotatable bonds is 2. The van der Waals surface area contributed by atoms with Crippen LogP contribution in [-0.2, 0) is 12.8 Å². The van der Waals surface area contributed by atoms with Gasteiger partial charge in [0.05, 0.1) is 5.69 Å². The van der Waals surface area contributed by atoms with E-state index in [2.05, 4.69) is 23.3 Å². The van der Waals surface area contributed by atoms with Gasteiger partial charge in [-0.1, -0.05) is 19.3 Å². The molecular formula is C17H21N3S. The predicted molar refractivity (Wildman–Crippen MR) is 88.0 cm³/mol. The minimum Gasteiger partial charge on any atom is -0.351 e. The molecule has 0 radical (unpaired) electrons. The zero-order valence-corrected chi connectivity index (χ0v) is 13.3. The van der Waals surface area contributed by atoms with Crippen molar-refractivity contribution < 1.29 is 0 Å². The molecule has 2 aliphatic rings. The molecule has 1 fully saturated rings. The van der Waals surface area contributed by atoms with Crippen molar-refractivity contribution in [3.8, 4) is 11.3 Å². The molecular weight excluding hydrogens is 278 g/mol. The van der Waals surface area contributed by atoms with Gasteiger partial charge in [-0.25, -0.2) is 9.97 Å². The third-order valence-electron chi connectivity index (χ3n) is 4.61. The second-order valence-corrected chi connectivity index (χ2v) is 7.58. The molecule has 3 nitrogen and oxygen atoms in total. The zero-order valence-electron chi connectivity index (χ0n) is 12.5. The number of hydrogen-bond acceptors (Lipinski definition) is 4. The zero-order chi connectivity index (χ0) is 14.2. The summed E-state index contributed by atoms with van der Waals surface area (Å²) in [4.78, 5) is 12.3. The number of aryl methyl sites for hydroxylation is 3. The van der Waals surface area contributed by atoms with E-state index in [0.717, 1.165) is 24.5 Å². The van der Waals surface area contributed by atoms with E-state index in [4.69, 9.17) is 4.98 Å². The van der Waals surface area contributed by atoms with Gasteiger partial charge in [-0.15, -0.1) is 11.3 Å². The number of nitrogens with one attached hydrogen (secondary N) is 1. The van der Waals surface area contributed by atoms with E-state index in [9.17, 15) is 0 Å². The smallest absolute Gasteiger partial charge is 0.223 e. The summed E-state index contributed by atoms with van der Waals surface area (Å²) >= 11 is 1.91. The van der Waals surface area contributed by atoms with Gasteiger partial charge < -0.3 is 5.32 Å². The van der Waals surface area contributed by atoms with E-state index in [1.54, 1.807) is 0 Å². The summed E-state index contributed by atoms with van der Waals surface area (Å²) in [5.74, 6) is 0.817. The minimum atomic E-state index is 0.559. The van der Waals surface area contributed by atoms with Gasteiger partial charge in [0.1, 0.15) is 0 Å². The van der Waals surface area contributed by atoms with Crippen LogP contribution in [0, 0.1) is 6.92 Å². The van der Waals surface area contributed by atoms with Crippen LogP contribution in [-0.4, -0.2) is 16.0 Å². The number of anilines is 1. The van der Waals surface area contributed by atoms with Gasteiger partial charge in [0.25, 0.3) is 0 Å². The predicted octanol–water partition coefficient (Wildman–Crippen LogP) is 4.36. The van der Waals surface area contributed by atoms with Crippen LogP contribution in [0.1, 0.15) is 47.4 Å². The summed E-state index contributed by atoms with van der Waals surface area (Å²) in [5, 5.41) is 3.55. The Kier molecular flexibility index (Phi) is 3.42. The fraction of sp³-hybridized carbons (Fsp3) is 0.529. The highest BCUT2D eigenvalue weighted by atomic mass is 32.1. The Labute approximate surface area is 129 Å². The van der Waals surface area contributed by atoms with Crippen LogP contribution in [0.2, 0.25) is 0 Å². The summed E-state index contributed by atoms with van der Waals surface area (Å²) in [6.45, 7) is 2.19. The Balaban J connectivity index is 1.64. The fourth-order valence-corrected chi connectivity index (χ4v) is 4.55. The van der Waals surface area contributed by atoms with Crippen LogP contribution >= 0.6 is 11.3 Å². The average Bonchev–Trinajstić information content (AvgIpc) is 2.89. The van der Waals surface area contributed by atoms with Gasteiger partial charge in [0.15, 0.2) is 0 Å². The fourth-order valence-electron chi connectivity index (χ4n) is 3.52. The molecule has 2 aromatic heterocycles. The Hall–Kier alpha value is -1.42. The second-order valence-electron chi connectivity index (χ2n) is 6.24. The molecule has 2 aromatic rings. The standard InChI is InChI=1S/C17H21N3S/c1-11-9-14-15(21-11)8-7-12-10-18-17(20-16(12)14)19-13-5-3-2-4-6-13/h9-10,13H,2-8H2,1H3,(H,18,19,20). The molecule has 4 rings (SSSR count).